The first-order valence-corrected chi connectivity index (χ1v) is 18.3. The molecule has 36 heavy (non-hydrogen) atoms. The Morgan fingerprint density at radius 1 is 0.722 bits per heavy atom. The van der Waals surface area contributed by atoms with Crippen LogP contribution < -0.4 is 0 Å². The smallest absolute Gasteiger partial charge is 0.322 e. The molecular weight excluding hydrogens is 494 g/mol. The van der Waals surface area contributed by atoms with Gasteiger partial charge in [-0.25, -0.2) is 0 Å². The van der Waals surface area contributed by atoms with Crippen LogP contribution in [0.15, 0.2) is 0 Å². The third kappa shape index (κ3) is 11.2. The highest BCUT2D eigenvalue weighted by atomic mass is 31.2. The molecule has 1 heterocycles. The van der Waals surface area contributed by atoms with E-state index < -0.39 is 25.7 Å². The maximum Gasteiger partial charge on any atom is 0.357 e. The molecule has 0 aromatic carbocycles. The highest BCUT2D eigenvalue weighted by molar-refractivity contribution is 7.59. The summed E-state index contributed by atoms with van der Waals surface area (Å²) in [5.74, 6) is 0. The molecule has 2 N–H and O–H groups in total. The molecule has 216 valence electrons. The van der Waals surface area contributed by atoms with Crippen LogP contribution in [0.5, 0.6) is 0 Å². The molecule has 0 saturated carbocycles. The number of rotatable bonds is 23. The SMILES string of the molecule is CCCCCCCCOP1(=O)OC(C)(P(=O)(O)O)CC1(CCCCCCCC)CCCCCCCC. The van der Waals surface area contributed by atoms with Gasteiger partial charge >= 0.3 is 15.2 Å². The van der Waals surface area contributed by atoms with Crippen LogP contribution in [-0.4, -0.2) is 26.9 Å². The lowest BCUT2D eigenvalue weighted by Gasteiger charge is -2.33. The molecule has 0 bridgehead atoms. The van der Waals surface area contributed by atoms with Gasteiger partial charge in [0.1, 0.15) is 0 Å². The zero-order valence-electron chi connectivity index (χ0n) is 24.0. The minimum absolute atomic E-state index is 0.113. The van der Waals surface area contributed by atoms with Gasteiger partial charge in [-0.05, 0) is 26.2 Å². The van der Waals surface area contributed by atoms with Gasteiger partial charge in [0.25, 0.3) is 0 Å². The van der Waals surface area contributed by atoms with Crippen molar-refractivity contribution in [2.24, 2.45) is 0 Å². The van der Waals surface area contributed by atoms with Gasteiger partial charge in [-0.3, -0.25) is 13.7 Å². The van der Waals surface area contributed by atoms with E-state index in [1.54, 1.807) is 0 Å². The predicted molar refractivity (Wildman–Crippen MR) is 152 cm³/mol. The van der Waals surface area contributed by atoms with Crippen LogP contribution in [0.2, 0.25) is 0 Å². The van der Waals surface area contributed by atoms with Crippen LogP contribution in [-0.2, 0) is 18.2 Å². The lowest BCUT2D eigenvalue weighted by Crippen LogP contribution is -2.31. The second-order valence-electron chi connectivity index (χ2n) is 11.3. The van der Waals surface area contributed by atoms with Crippen LogP contribution in [0.25, 0.3) is 0 Å². The van der Waals surface area contributed by atoms with Gasteiger partial charge in [0.2, 0.25) is 0 Å². The van der Waals surface area contributed by atoms with Crippen molar-refractivity contribution in [1.29, 1.82) is 0 Å². The summed E-state index contributed by atoms with van der Waals surface area (Å²) in [6.07, 6.45) is 21.4. The zero-order valence-corrected chi connectivity index (χ0v) is 25.8. The van der Waals surface area contributed by atoms with E-state index in [-0.39, 0.29) is 6.42 Å². The molecule has 0 aliphatic carbocycles. The summed E-state index contributed by atoms with van der Waals surface area (Å²) in [5, 5.41) is -2.55. The molecule has 1 aliphatic heterocycles. The number of unbranched alkanes of at least 4 members (excludes halogenated alkanes) is 15. The second kappa shape index (κ2) is 17.8. The number of hydrogen-bond acceptors (Lipinski definition) is 4. The molecule has 0 spiro atoms. The van der Waals surface area contributed by atoms with Crippen molar-refractivity contribution in [3.8, 4) is 0 Å². The van der Waals surface area contributed by atoms with Crippen molar-refractivity contribution in [2.45, 2.75) is 173 Å². The average molecular weight is 553 g/mol. The van der Waals surface area contributed by atoms with E-state index in [0.29, 0.717) is 19.4 Å². The standard InChI is InChI=1S/C28H58O6P2/c1-5-8-11-14-17-20-23-28(24-21-18-15-12-9-6-2)26-27(4,35(29,30)31)34-36(28,32)33-25-22-19-16-13-10-7-3/h5-26H2,1-4H3,(H2,29,30,31). The highest BCUT2D eigenvalue weighted by Gasteiger charge is 2.67. The fraction of sp³-hybridized carbons (Fsp3) is 1.00. The van der Waals surface area contributed by atoms with Crippen molar-refractivity contribution in [3.05, 3.63) is 0 Å². The van der Waals surface area contributed by atoms with Gasteiger partial charge in [0.15, 0.2) is 5.34 Å². The fourth-order valence-corrected chi connectivity index (χ4v) is 9.74. The molecule has 1 saturated heterocycles. The average Bonchev–Trinajstić information content (AvgIpc) is 3.05. The Labute approximate surface area is 222 Å². The zero-order chi connectivity index (χ0) is 27.0. The molecule has 2 atom stereocenters. The summed E-state index contributed by atoms with van der Waals surface area (Å²) < 4.78 is 38.9. The lowest BCUT2D eigenvalue weighted by atomic mass is 9.88. The van der Waals surface area contributed by atoms with Crippen LogP contribution in [0.4, 0.5) is 0 Å². The third-order valence-corrected chi connectivity index (χ3v) is 12.5. The lowest BCUT2D eigenvalue weighted by molar-refractivity contribution is 0.126. The van der Waals surface area contributed by atoms with Crippen LogP contribution in [0.3, 0.4) is 0 Å². The fourth-order valence-electron chi connectivity index (χ4n) is 5.53. The first-order chi connectivity index (χ1) is 17.1. The van der Waals surface area contributed by atoms with Gasteiger partial charge in [-0.2, -0.15) is 0 Å². The Morgan fingerprint density at radius 3 is 1.53 bits per heavy atom. The van der Waals surface area contributed by atoms with Crippen molar-refractivity contribution >= 4 is 15.2 Å². The van der Waals surface area contributed by atoms with E-state index >= 15 is 0 Å². The normalized spacial score (nSPS) is 23.9. The summed E-state index contributed by atoms with van der Waals surface area (Å²) in [4.78, 5) is 20.4. The van der Waals surface area contributed by atoms with Crippen molar-refractivity contribution < 1.29 is 28.0 Å². The van der Waals surface area contributed by atoms with Crippen LogP contribution in [0.1, 0.15) is 163 Å². The molecular formula is C28H58O6P2. The van der Waals surface area contributed by atoms with E-state index in [1.807, 2.05) is 0 Å². The molecule has 0 aromatic rings. The first-order valence-electron chi connectivity index (χ1n) is 15.1. The molecule has 2 unspecified atom stereocenters. The van der Waals surface area contributed by atoms with E-state index in [2.05, 4.69) is 20.8 Å². The summed E-state index contributed by atoms with van der Waals surface area (Å²) in [6.45, 7) is 8.36. The summed E-state index contributed by atoms with van der Waals surface area (Å²) in [5.41, 5.74) is 0. The van der Waals surface area contributed by atoms with Gasteiger partial charge < -0.3 is 14.3 Å². The molecule has 0 radical (unpaired) electrons. The molecule has 1 aliphatic rings. The topological polar surface area (TPSA) is 93.1 Å². The monoisotopic (exact) mass is 552 g/mol. The second-order valence-corrected chi connectivity index (χ2v) is 15.8. The predicted octanol–water partition coefficient (Wildman–Crippen LogP) is 10.1. The Kier molecular flexibility index (Phi) is 17.0. The minimum Gasteiger partial charge on any atom is -0.322 e. The molecule has 0 amide bonds. The van der Waals surface area contributed by atoms with Crippen LogP contribution in [0, 0.1) is 0 Å². The third-order valence-electron chi connectivity index (χ3n) is 7.92. The van der Waals surface area contributed by atoms with Gasteiger partial charge in [-0.15, -0.1) is 0 Å². The molecule has 1 rings (SSSR count). The van der Waals surface area contributed by atoms with Crippen molar-refractivity contribution in [3.63, 3.8) is 0 Å². The summed E-state index contributed by atoms with van der Waals surface area (Å²) >= 11 is 0. The van der Waals surface area contributed by atoms with Gasteiger partial charge in [-0.1, -0.05) is 130 Å². The number of hydrogen-bond donors (Lipinski definition) is 2. The van der Waals surface area contributed by atoms with Crippen molar-refractivity contribution in [2.75, 3.05) is 6.61 Å². The van der Waals surface area contributed by atoms with E-state index in [4.69, 9.17) is 9.05 Å². The Morgan fingerprint density at radius 2 is 1.11 bits per heavy atom. The largest absolute Gasteiger partial charge is 0.357 e. The Bertz CT molecular complexity index is 648. The summed E-state index contributed by atoms with van der Waals surface area (Å²) in [6, 6.07) is 0. The van der Waals surface area contributed by atoms with Gasteiger partial charge in [0.05, 0.1) is 11.8 Å². The summed E-state index contributed by atoms with van der Waals surface area (Å²) in [7, 11) is -8.33. The van der Waals surface area contributed by atoms with Crippen molar-refractivity contribution in [1.82, 2.24) is 0 Å². The van der Waals surface area contributed by atoms with E-state index in [0.717, 1.165) is 57.8 Å². The van der Waals surface area contributed by atoms with Gasteiger partial charge in [0, 0.05) is 6.42 Å². The Balaban J connectivity index is 2.97. The maximum atomic E-state index is 14.4. The van der Waals surface area contributed by atoms with E-state index in [9.17, 15) is 18.9 Å². The minimum atomic E-state index is -4.62. The molecule has 6 nitrogen and oxygen atoms in total. The first kappa shape index (κ1) is 34.3. The van der Waals surface area contributed by atoms with E-state index in [1.165, 1.54) is 64.7 Å². The Hall–Kier alpha value is 0.300. The highest BCUT2D eigenvalue weighted by Crippen LogP contribution is 2.79. The maximum absolute atomic E-state index is 14.4. The van der Waals surface area contributed by atoms with Crippen LogP contribution >= 0.6 is 15.2 Å². The molecule has 8 heteroatoms. The molecule has 1 fully saturated rings. The quantitative estimate of drug-likeness (QED) is 0.0967. The molecule has 0 aromatic heterocycles.